The molecule has 2 aromatic heterocycles. The molecule has 0 bridgehead atoms. The molecule has 1 fully saturated rings. The first-order valence-corrected chi connectivity index (χ1v) is 8.21. The van der Waals surface area contributed by atoms with Crippen molar-refractivity contribution < 1.29 is 9.90 Å². The lowest BCUT2D eigenvalue weighted by atomic mass is 9.80. The molecule has 1 aliphatic heterocycles. The van der Waals surface area contributed by atoms with Crippen molar-refractivity contribution in [3.05, 3.63) is 42.0 Å². The standard InChI is InChI=1S/C18H22N4O2/c1-12-6-7-18(11-23,21-10-12)16(24)15-14(5-4-13(2)22-15)17-19-8-3-9-20-17/h3-5,8-9,12,21,23H,6-7,10-11H2,1-2H3/t12-,18-/m0/s1. The number of hydrogen-bond donors (Lipinski definition) is 2. The van der Waals surface area contributed by atoms with Crippen LogP contribution in [0.25, 0.3) is 11.4 Å². The molecule has 0 spiro atoms. The SMILES string of the molecule is Cc1ccc(-c2ncccn2)c(C(=O)[C@@]2(CO)CC[C@H](C)CN2)n1. The quantitative estimate of drug-likeness (QED) is 0.833. The van der Waals surface area contributed by atoms with Gasteiger partial charge in [-0.15, -0.1) is 0 Å². The molecule has 2 atom stereocenters. The van der Waals surface area contributed by atoms with Crippen molar-refractivity contribution in [2.45, 2.75) is 32.2 Å². The summed E-state index contributed by atoms with van der Waals surface area (Å²) in [5, 5.41) is 13.2. The monoisotopic (exact) mass is 326 g/mol. The fraction of sp³-hybridized carbons (Fsp3) is 0.444. The number of aryl methyl sites for hydroxylation is 1. The summed E-state index contributed by atoms with van der Waals surface area (Å²) in [6, 6.07) is 5.39. The van der Waals surface area contributed by atoms with Crippen molar-refractivity contribution in [3.8, 4) is 11.4 Å². The number of carbonyl (C=O) groups is 1. The van der Waals surface area contributed by atoms with Gasteiger partial charge in [-0.2, -0.15) is 0 Å². The van der Waals surface area contributed by atoms with Crippen molar-refractivity contribution in [3.63, 3.8) is 0 Å². The van der Waals surface area contributed by atoms with Crippen LogP contribution in [0.2, 0.25) is 0 Å². The minimum absolute atomic E-state index is 0.192. The van der Waals surface area contributed by atoms with Gasteiger partial charge in [-0.3, -0.25) is 4.79 Å². The molecule has 3 rings (SSSR count). The summed E-state index contributed by atoms with van der Waals surface area (Å²) >= 11 is 0. The van der Waals surface area contributed by atoms with Crippen LogP contribution in [-0.4, -0.2) is 44.5 Å². The predicted molar refractivity (Wildman–Crippen MR) is 90.5 cm³/mol. The Morgan fingerprint density at radius 2 is 2.12 bits per heavy atom. The number of aliphatic hydroxyl groups excluding tert-OH is 1. The van der Waals surface area contributed by atoms with Crippen LogP contribution in [0, 0.1) is 12.8 Å². The molecule has 2 aromatic rings. The smallest absolute Gasteiger partial charge is 0.204 e. The molecule has 0 saturated carbocycles. The van der Waals surface area contributed by atoms with Crippen LogP contribution < -0.4 is 5.32 Å². The van der Waals surface area contributed by atoms with Gasteiger partial charge >= 0.3 is 0 Å². The Bertz CT molecular complexity index is 725. The number of aromatic nitrogens is 3. The Hall–Kier alpha value is -2.18. The molecule has 3 heterocycles. The van der Waals surface area contributed by atoms with Gasteiger partial charge in [0.2, 0.25) is 5.78 Å². The topological polar surface area (TPSA) is 88.0 Å². The largest absolute Gasteiger partial charge is 0.394 e. The van der Waals surface area contributed by atoms with Crippen molar-refractivity contribution in [2.24, 2.45) is 5.92 Å². The highest BCUT2D eigenvalue weighted by atomic mass is 16.3. The number of ketones is 1. The van der Waals surface area contributed by atoms with Crippen LogP contribution >= 0.6 is 0 Å². The van der Waals surface area contributed by atoms with E-state index in [1.165, 1.54) is 0 Å². The lowest BCUT2D eigenvalue weighted by Crippen LogP contribution is -2.59. The summed E-state index contributed by atoms with van der Waals surface area (Å²) in [5.41, 5.74) is 0.684. The molecule has 0 unspecified atom stereocenters. The number of hydrogen-bond acceptors (Lipinski definition) is 6. The average molecular weight is 326 g/mol. The molecule has 24 heavy (non-hydrogen) atoms. The highest BCUT2D eigenvalue weighted by Crippen LogP contribution is 2.29. The van der Waals surface area contributed by atoms with E-state index in [4.69, 9.17) is 0 Å². The fourth-order valence-corrected chi connectivity index (χ4v) is 3.03. The molecular weight excluding hydrogens is 304 g/mol. The van der Waals surface area contributed by atoms with Crippen LogP contribution in [0.1, 0.15) is 35.9 Å². The second-order valence-electron chi connectivity index (χ2n) is 6.52. The highest BCUT2D eigenvalue weighted by Gasteiger charge is 2.42. The third kappa shape index (κ3) is 3.07. The van der Waals surface area contributed by atoms with Crippen molar-refractivity contribution in [2.75, 3.05) is 13.2 Å². The van der Waals surface area contributed by atoms with E-state index >= 15 is 0 Å². The summed E-state index contributed by atoms with van der Waals surface area (Å²) in [5.74, 6) is 0.758. The normalized spacial score (nSPS) is 23.9. The Balaban J connectivity index is 2.05. The van der Waals surface area contributed by atoms with E-state index in [0.717, 1.165) is 12.1 Å². The second-order valence-corrected chi connectivity index (χ2v) is 6.52. The number of rotatable bonds is 4. The van der Waals surface area contributed by atoms with Crippen LogP contribution in [0.5, 0.6) is 0 Å². The molecule has 0 aromatic carbocycles. The first-order valence-electron chi connectivity index (χ1n) is 8.21. The van der Waals surface area contributed by atoms with Gasteiger partial charge in [0, 0.05) is 23.7 Å². The molecule has 2 N–H and O–H groups in total. The highest BCUT2D eigenvalue weighted by molar-refractivity contribution is 6.06. The van der Waals surface area contributed by atoms with Gasteiger partial charge in [-0.1, -0.05) is 6.92 Å². The van der Waals surface area contributed by atoms with Gasteiger partial charge in [0.15, 0.2) is 5.82 Å². The Morgan fingerprint density at radius 3 is 2.75 bits per heavy atom. The van der Waals surface area contributed by atoms with Gasteiger partial charge in [0.1, 0.15) is 11.2 Å². The molecule has 6 heteroatoms. The zero-order valence-corrected chi connectivity index (χ0v) is 14.0. The first kappa shape index (κ1) is 16.7. The van der Waals surface area contributed by atoms with E-state index < -0.39 is 5.54 Å². The molecule has 126 valence electrons. The number of Topliss-reactive ketones (excluding diaryl/α,β-unsaturated/α-hetero) is 1. The first-order chi connectivity index (χ1) is 11.6. The molecular formula is C18H22N4O2. The number of carbonyl (C=O) groups excluding carboxylic acids is 1. The van der Waals surface area contributed by atoms with Gasteiger partial charge in [0.05, 0.1) is 6.61 Å². The zero-order chi connectivity index (χ0) is 17.2. The van der Waals surface area contributed by atoms with E-state index in [-0.39, 0.29) is 12.4 Å². The summed E-state index contributed by atoms with van der Waals surface area (Å²) in [4.78, 5) is 26.2. The number of piperidine rings is 1. The van der Waals surface area contributed by atoms with Gasteiger partial charge in [-0.05, 0) is 50.4 Å². The third-order valence-electron chi connectivity index (χ3n) is 4.61. The maximum Gasteiger partial charge on any atom is 0.204 e. The predicted octanol–water partition coefficient (Wildman–Crippen LogP) is 1.78. The van der Waals surface area contributed by atoms with Crippen molar-refractivity contribution in [1.29, 1.82) is 0 Å². The summed E-state index contributed by atoms with van der Waals surface area (Å²) in [7, 11) is 0. The molecule has 0 aliphatic carbocycles. The van der Waals surface area contributed by atoms with Crippen LogP contribution in [0.15, 0.2) is 30.6 Å². The van der Waals surface area contributed by atoms with Gasteiger partial charge < -0.3 is 10.4 Å². The van der Waals surface area contributed by atoms with Crippen LogP contribution in [0.3, 0.4) is 0 Å². The van der Waals surface area contributed by atoms with E-state index in [1.807, 2.05) is 19.1 Å². The molecule has 0 amide bonds. The number of pyridine rings is 1. The van der Waals surface area contributed by atoms with E-state index in [9.17, 15) is 9.90 Å². The Kier molecular flexibility index (Phi) is 4.69. The minimum atomic E-state index is -0.975. The fourth-order valence-electron chi connectivity index (χ4n) is 3.03. The van der Waals surface area contributed by atoms with Gasteiger partial charge in [0.25, 0.3) is 0 Å². The number of nitrogens with zero attached hydrogens (tertiary/aromatic N) is 3. The zero-order valence-electron chi connectivity index (χ0n) is 14.0. The van der Waals surface area contributed by atoms with Crippen LogP contribution in [-0.2, 0) is 0 Å². The molecule has 6 nitrogen and oxygen atoms in total. The molecule has 1 saturated heterocycles. The Morgan fingerprint density at radius 1 is 1.38 bits per heavy atom. The van der Waals surface area contributed by atoms with E-state index in [0.29, 0.717) is 36.0 Å². The molecule has 1 aliphatic rings. The third-order valence-corrected chi connectivity index (χ3v) is 4.61. The van der Waals surface area contributed by atoms with Crippen molar-refractivity contribution >= 4 is 5.78 Å². The minimum Gasteiger partial charge on any atom is -0.394 e. The summed E-state index contributed by atoms with van der Waals surface area (Å²) in [6.07, 6.45) is 4.76. The average Bonchev–Trinajstić information content (AvgIpc) is 2.63. The number of nitrogens with one attached hydrogen (secondary N) is 1. The maximum atomic E-state index is 13.3. The molecule has 0 radical (unpaired) electrons. The summed E-state index contributed by atoms with van der Waals surface area (Å²) in [6.45, 7) is 4.43. The second kappa shape index (κ2) is 6.75. The lowest BCUT2D eigenvalue weighted by Gasteiger charge is -2.37. The van der Waals surface area contributed by atoms with E-state index in [1.54, 1.807) is 18.5 Å². The number of aliphatic hydroxyl groups is 1. The van der Waals surface area contributed by atoms with E-state index in [2.05, 4.69) is 27.2 Å². The maximum absolute atomic E-state index is 13.3. The lowest BCUT2D eigenvalue weighted by molar-refractivity contribution is 0.0644. The summed E-state index contributed by atoms with van der Waals surface area (Å²) < 4.78 is 0. The van der Waals surface area contributed by atoms with Gasteiger partial charge in [-0.25, -0.2) is 15.0 Å². The Labute approximate surface area is 141 Å². The van der Waals surface area contributed by atoms with Crippen molar-refractivity contribution in [1.82, 2.24) is 20.3 Å². The van der Waals surface area contributed by atoms with Crippen LogP contribution in [0.4, 0.5) is 0 Å².